The van der Waals surface area contributed by atoms with Gasteiger partial charge >= 0.3 is 12.1 Å². The lowest BCUT2D eigenvalue weighted by molar-refractivity contribution is -0.139. The fraction of sp³-hybridized carbons (Fsp3) is 0.263. The van der Waals surface area contributed by atoms with Crippen LogP contribution in [0.15, 0.2) is 60.7 Å². The van der Waals surface area contributed by atoms with Gasteiger partial charge in [-0.25, -0.2) is 9.59 Å². The molecule has 0 aliphatic carbocycles. The molecule has 2 aromatic rings. The van der Waals surface area contributed by atoms with Crippen LogP contribution in [0.3, 0.4) is 0 Å². The Bertz CT molecular complexity index is 721. The molecule has 1 amide bonds. The van der Waals surface area contributed by atoms with E-state index >= 15 is 0 Å². The number of piperazine rings is 1. The van der Waals surface area contributed by atoms with Crippen molar-refractivity contribution < 1.29 is 19.4 Å². The van der Waals surface area contributed by atoms with Crippen LogP contribution in [0.2, 0.25) is 0 Å². The van der Waals surface area contributed by atoms with Gasteiger partial charge in [-0.15, -0.1) is 0 Å². The van der Waals surface area contributed by atoms with E-state index in [2.05, 4.69) is 0 Å². The van der Waals surface area contributed by atoms with Crippen LogP contribution in [0.25, 0.3) is 0 Å². The Morgan fingerprint density at radius 1 is 1.00 bits per heavy atom. The summed E-state index contributed by atoms with van der Waals surface area (Å²) in [5.74, 6) is -0.954. The summed E-state index contributed by atoms with van der Waals surface area (Å²) in [7, 11) is 0. The lowest BCUT2D eigenvalue weighted by atomic mass is 10.1. The zero-order valence-electron chi connectivity index (χ0n) is 13.7. The molecule has 6 heteroatoms. The maximum Gasteiger partial charge on any atom is 0.410 e. The van der Waals surface area contributed by atoms with E-state index in [4.69, 9.17) is 4.74 Å². The number of carboxylic acid groups (broad SMARTS) is 1. The van der Waals surface area contributed by atoms with Crippen LogP contribution in [-0.2, 0) is 16.1 Å². The lowest BCUT2D eigenvalue weighted by Gasteiger charge is -2.40. The van der Waals surface area contributed by atoms with Crippen LogP contribution in [0, 0.1) is 0 Å². The average molecular weight is 340 g/mol. The molecule has 1 unspecified atom stereocenters. The van der Waals surface area contributed by atoms with Crippen LogP contribution >= 0.6 is 0 Å². The molecule has 1 heterocycles. The first kappa shape index (κ1) is 16.8. The van der Waals surface area contributed by atoms with E-state index in [1.165, 1.54) is 4.90 Å². The number of amides is 1. The monoisotopic (exact) mass is 340 g/mol. The zero-order chi connectivity index (χ0) is 17.6. The third-order valence-corrected chi connectivity index (χ3v) is 4.22. The minimum Gasteiger partial charge on any atom is -0.480 e. The maximum absolute atomic E-state index is 12.3. The van der Waals surface area contributed by atoms with Gasteiger partial charge in [-0.1, -0.05) is 48.5 Å². The Morgan fingerprint density at radius 3 is 2.28 bits per heavy atom. The summed E-state index contributed by atoms with van der Waals surface area (Å²) < 4.78 is 5.31. The highest BCUT2D eigenvalue weighted by Crippen LogP contribution is 2.21. The molecule has 6 nitrogen and oxygen atoms in total. The molecule has 1 fully saturated rings. The van der Waals surface area contributed by atoms with Gasteiger partial charge < -0.3 is 19.6 Å². The van der Waals surface area contributed by atoms with Crippen molar-refractivity contribution in [2.75, 3.05) is 24.5 Å². The maximum atomic E-state index is 12.3. The Labute approximate surface area is 146 Å². The molecule has 3 rings (SSSR count). The van der Waals surface area contributed by atoms with Crippen LogP contribution in [0.1, 0.15) is 5.56 Å². The van der Waals surface area contributed by atoms with Crippen molar-refractivity contribution in [3.05, 3.63) is 66.2 Å². The number of hydrogen-bond donors (Lipinski definition) is 1. The molecular formula is C19H20N2O4. The summed E-state index contributed by atoms with van der Waals surface area (Å²) in [6, 6.07) is 18.0. The van der Waals surface area contributed by atoms with Gasteiger partial charge in [0.25, 0.3) is 0 Å². The fourth-order valence-electron chi connectivity index (χ4n) is 2.90. The molecule has 1 aliphatic rings. The molecule has 2 aromatic carbocycles. The fourth-order valence-corrected chi connectivity index (χ4v) is 2.90. The Balaban J connectivity index is 1.63. The van der Waals surface area contributed by atoms with Gasteiger partial charge in [-0.05, 0) is 17.7 Å². The number of rotatable bonds is 4. The zero-order valence-corrected chi connectivity index (χ0v) is 13.7. The Morgan fingerprint density at radius 2 is 1.64 bits per heavy atom. The summed E-state index contributed by atoms with van der Waals surface area (Å²) in [6.07, 6.45) is -0.484. The van der Waals surface area contributed by atoms with Crippen molar-refractivity contribution in [1.82, 2.24) is 4.90 Å². The number of ether oxygens (including phenoxy) is 1. The smallest absolute Gasteiger partial charge is 0.410 e. The van der Waals surface area contributed by atoms with Crippen molar-refractivity contribution in [2.45, 2.75) is 12.6 Å². The van der Waals surface area contributed by atoms with E-state index in [-0.39, 0.29) is 13.2 Å². The molecule has 0 spiro atoms. The molecule has 1 atom stereocenters. The summed E-state index contributed by atoms with van der Waals surface area (Å²) in [4.78, 5) is 27.2. The molecule has 1 saturated heterocycles. The van der Waals surface area contributed by atoms with E-state index < -0.39 is 18.1 Å². The van der Waals surface area contributed by atoms with Crippen LogP contribution < -0.4 is 4.90 Å². The molecule has 0 bridgehead atoms. The third kappa shape index (κ3) is 4.09. The number of carboxylic acids is 1. The summed E-state index contributed by atoms with van der Waals surface area (Å²) in [5.41, 5.74) is 1.74. The predicted octanol–water partition coefficient (Wildman–Crippen LogP) is 2.60. The number of anilines is 1. The summed E-state index contributed by atoms with van der Waals surface area (Å²) >= 11 is 0. The van der Waals surface area contributed by atoms with E-state index in [0.29, 0.717) is 13.1 Å². The Kier molecular flexibility index (Phi) is 5.18. The van der Waals surface area contributed by atoms with Crippen LogP contribution in [0.4, 0.5) is 10.5 Å². The van der Waals surface area contributed by atoms with Gasteiger partial charge in [0.05, 0.1) is 6.54 Å². The molecule has 1 aliphatic heterocycles. The Hall–Kier alpha value is -3.02. The van der Waals surface area contributed by atoms with E-state index in [1.54, 1.807) is 0 Å². The normalized spacial score (nSPS) is 17.2. The van der Waals surface area contributed by atoms with E-state index in [0.717, 1.165) is 11.3 Å². The molecule has 0 aromatic heterocycles. The minimum atomic E-state index is -0.954. The second-order valence-corrected chi connectivity index (χ2v) is 5.87. The number of nitrogens with zero attached hydrogens (tertiary/aromatic N) is 2. The second-order valence-electron chi connectivity index (χ2n) is 5.87. The van der Waals surface area contributed by atoms with Gasteiger partial charge in [0.1, 0.15) is 12.6 Å². The number of aliphatic carboxylic acids is 1. The quantitative estimate of drug-likeness (QED) is 0.926. The van der Waals surface area contributed by atoms with Crippen molar-refractivity contribution in [3.8, 4) is 0 Å². The summed E-state index contributed by atoms with van der Waals surface area (Å²) in [5, 5.41) is 9.56. The van der Waals surface area contributed by atoms with E-state index in [1.807, 2.05) is 65.6 Å². The SMILES string of the molecule is O=C(O)C1CN(C(=O)OCc2ccccc2)CCN1c1ccccc1. The highest BCUT2D eigenvalue weighted by molar-refractivity contribution is 5.80. The van der Waals surface area contributed by atoms with Crippen molar-refractivity contribution >= 4 is 17.7 Å². The van der Waals surface area contributed by atoms with Gasteiger partial charge in [-0.3, -0.25) is 0 Å². The van der Waals surface area contributed by atoms with Crippen LogP contribution in [0.5, 0.6) is 0 Å². The van der Waals surface area contributed by atoms with E-state index in [9.17, 15) is 14.7 Å². The predicted molar refractivity (Wildman–Crippen MR) is 93.4 cm³/mol. The molecular weight excluding hydrogens is 320 g/mol. The highest BCUT2D eigenvalue weighted by atomic mass is 16.6. The standard InChI is InChI=1S/C19H20N2O4/c22-18(23)17-13-20(11-12-21(17)16-9-5-2-6-10-16)19(24)25-14-15-7-3-1-4-8-15/h1-10,17H,11-14H2,(H,22,23). The average Bonchev–Trinajstić information content (AvgIpc) is 2.67. The minimum absolute atomic E-state index is 0.0951. The summed E-state index contributed by atoms with van der Waals surface area (Å²) in [6.45, 7) is 1.14. The van der Waals surface area contributed by atoms with Gasteiger partial charge in [0, 0.05) is 18.8 Å². The van der Waals surface area contributed by atoms with Gasteiger partial charge in [0.15, 0.2) is 0 Å². The number of para-hydroxylation sites is 1. The van der Waals surface area contributed by atoms with Crippen molar-refractivity contribution in [2.24, 2.45) is 0 Å². The lowest BCUT2D eigenvalue weighted by Crippen LogP contribution is -2.58. The largest absolute Gasteiger partial charge is 0.480 e. The third-order valence-electron chi connectivity index (χ3n) is 4.22. The molecule has 25 heavy (non-hydrogen) atoms. The first-order valence-electron chi connectivity index (χ1n) is 8.15. The first-order chi connectivity index (χ1) is 12.1. The topological polar surface area (TPSA) is 70.1 Å². The van der Waals surface area contributed by atoms with Gasteiger partial charge in [0.2, 0.25) is 0 Å². The van der Waals surface area contributed by atoms with Crippen molar-refractivity contribution in [1.29, 1.82) is 0 Å². The first-order valence-corrected chi connectivity index (χ1v) is 8.15. The number of hydrogen-bond acceptors (Lipinski definition) is 4. The van der Waals surface area contributed by atoms with Crippen molar-refractivity contribution in [3.63, 3.8) is 0 Å². The van der Waals surface area contributed by atoms with Crippen LogP contribution in [-0.4, -0.2) is 47.7 Å². The van der Waals surface area contributed by atoms with Gasteiger partial charge in [-0.2, -0.15) is 0 Å². The number of carbonyl (C=O) groups is 2. The molecule has 130 valence electrons. The molecule has 0 radical (unpaired) electrons. The molecule has 1 N–H and O–H groups in total. The highest BCUT2D eigenvalue weighted by Gasteiger charge is 2.35. The second kappa shape index (κ2) is 7.70. The number of carbonyl (C=O) groups excluding carboxylic acids is 1. The number of benzene rings is 2. The molecule has 0 saturated carbocycles.